The average Bonchev–Trinajstić information content (AvgIpc) is 2.53. The largest absolute Gasteiger partial charge is 0.273 e. The molecule has 0 fully saturated rings. The maximum Gasteiger partial charge on any atom is 0.265 e. The molecule has 0 spiro atoms. The molecule has 0 aliphatic heterocycles. The molecule has 2 nitrogen and oxygen atoms in total. The molecule has 0 atom stereocenters. The van der Waals surface area contributed by atoms with Gasteiger partial charge in [0.2, 0.25) is 0 Å². The van der Waals surface area contributed by atoms with Gasteiger partial charge in [0, 0.05) is 22.9 Å². The molecule has 0 aliphatic carbocycles. The number of pyridine rings is 1. The van der Waals surface area contributed by atoms with Crippen LogP contribution in [0.4, 0.5) is 0 Å². The second-order valence-electron chi connectivity index (χ2n) is 4.54. The Bertz CT molecular complexity index is 748. The lowest BCUT2D eigenvalue weighted by molar-refractivity contribution is -0.866. The summed E-state index contributed by atoms with van der Waals surface area (Å²) in [6.07, 6.45) is 4.14. The van der Waals surface area contributed by atoms with Gasteiger partial charge in [0.25, 0.3) is 11.2 Å². The minimum Gasteiger partial charge on any atom is -0.273 e. The molecule has 2 aromatic carbocycles. The lowest BCUT2D eigenvalue weighted by atomic mass is 10.1. The Kier molecular flexibility index (Phi) is 3.46. The van der Waals surface area contributed by atoms with Crippen LogP contribution in [0, 0.1) is 0 Å². The highest BCUT2D eigenvalue weighted by Crippen LogP contribution is 2.12. The van der Waals surface area contributed by atoms with Gasteiger partial charge in [0.15, 0.2) is 0 Å². The molecular formula is C18H16NO+. The lowest BCUT2D eigenvalue weighted by Crippen LogP contribution is -2.44. The van der Waals surface area contributed by atoms with E-state index in [4.69, 9.17) is 4.84 Å². The third-order valence-corrected chi connectivity index (χ3v) is 3.25. The number of fused-ring (bicyclic) bond motifs is 1. The van der Waals surface area contributed by atoms with Crippen LogP contribution in [0.3, 0.4) is 0 Å². The Morgan fingerprint density at radius 1 is 0.800 bits per heavy atom. The minimum atomic E-state index is 1.01. The van der Waals surface area contributed by atoms with E-state index in [0.717, 1.165) is 16.6 Å². The highest BCUT2D eigenvalue weighted by atomic mass is 16.6. The number of benzene rings is 2. The monoisotopic (exact) mass is 262 g/mol. The second-order valence-corrected chi connectivity index (χ2v) is 4.54. The molecule has 20 heavy (non-hydrogen) atoms. The van der Waals surface area contributed by atoms with Gasteiger partial charge in [-0.15, -0.1) is 0 Å². The molecule has 3 aromatic rings. The highest BCUT2D eigenvalue weighted by molar-refractivity contribution is 5.77. The molecule has 0 aliphatic rings. The van der Waals surface area contributed by atoms with E-state index in [1.807, 2.05) is 35.1 Å². The SMILES string of the molecule is CO[n+]1c(C=Cc2ccccc2)ccc2ccccc21. The Hall–Kier alpha value is -2.61. The third-order valence-electron chi connectivity index (χ3n) is 3.25. The summed E-state index contributed by atoms with van der Waals surface area (Å²) in [6.45, 7) is 0. The first-order valence-corrected chi connectivity index (χ1v) is 6.60. The Morgan fingerprint density at radius 3 is 2.35 bits per heavy atom. The summed E-state index contributed by atoms with van der Waals surface area (Å²) in [4.78, 5) is 5.51. The van der Waals surface area contributed by atoms with Crippen LogP contribution >= 0.6 is 0 Å². The summed E-state index contributed by atoms with van der Waals surface area (Å²) in [7, 11) is 1.69. The molecule has 0 N–H and O–H groups in total. The fraction of sp³-hybridized carbons (Fsp3) is 0.0556. The van der Waals surface area contributed by atoms with Crippen molar-refractivity contribution in [2.24, 2.45) is 0 Å². The highest BCUT2D eigenvalue weighted by Gasteiger charge is 2.14. The van der Waals surface area contributed by atoms with Gasteiger partial charge in [-0.3, -0.25) is 4.84 Å². The van der Waals surface area contributed by atoms with Crippen LogP contribution in [0.15, 0.2) is 66.7 Å². The van der Waals surface area contributed by atoms with Crippen LogP contribution in [0.25, 0.3) is 23.1 Å². The maximum absolute atomic E-state index is 5.51. The molecule has 3 rings (SSSR count). The van der Waals surface area contributed by atoms with Crippen molar-refractivity contribution >= 4 is 23.1 Å². The first-order chi connectivity index (χ1) is 9.88. The van der Waals surface area contributed by atoms with Crippen molar-refractivity contribution in [3.8, 4) is 0 Å². The van der Waals surface area contributed by atoms with Gasteiger partial charge in [-0.1, -0.05) is 42.5 Å². The zero-order valence-electron chi connectivity index (χ0n) is 11.4. The number of aromatic nitrogens is 1. The van der Waals surface area contributed by atoms with E-state index < -0.39 is 0 Å². The molecule has 0 amide bonds. The molecule has 0 unspecified atom stereocenters. The van der Waals surface area contributed by atoms with Crippen LogP contribution in [-0.4, -0.2) is 7.11 Å². The molecule has 0 bridgehead atoms. The molecule has 2 heteroatoms. The molecule has 98 valence electrons. The number of para-hydroxylation sites is 1. The standard InChI is InChI=1S/C18H16NO/c1-20-19-17(13-11-15-7-3-2-4-8-15)14-12-16-9-5-6-10-18(16)19/h2-14H,1H3/q+1. The van der Waals surface area contributed by atoms with Gasteiger partial charge in [0.05, 0.1) is 5.39 Å². The van der Waals surface area contributed by atoms with E-state index in [-0.39, 0.29) is 0 Å². The van der Waals surface area contributed by atoms with Crippen molar-refractivity contribution in [2.45, 2.75) is 0 Å². The van der Waals surface area contributed by atoms with Crippen LogP contribution in [0.2, 0.25) is 0 Å². The van der Waals surface area contributed by atoms with E-state index in [1.54, 1.807) is 7.11 Å². The fourth-order valence-electron chi connectivity index (χ4n) is 2.27. The molecular weight excluding hydrogens is 246 g/mol. The molecule has 0 radical (unpaired) electrons. The molecule has 0 saturated heterocycles. The lowest BCUT2D eigenvalue weighted by Gasteiger charge is -2.00. The minimum absolute atomic E-state index is 1.01. The average molecular weight is 262 g/mol. The van der Waals surface area contributed by atoms with E-state index in [2.05, 4.69) is 48.6 Å². The number of rotatable bonds is 3. The van der Waals surface area contributed by atoms with Gasteiger partial charge in [-0.25, -0.2) is 0 Å². The topological polar surface area (TPSA) is 13.1 Å². The predicted molar refractivity (Wildman–Crippen MR) is 82.0 cm³/mol. The third kappa shape index (κ3) is 2.41. The predicted octanol–water partition coefficient (Wildman–Crippen LogP) is 3.36. The normalized spacial score (nSPS) is 11.1. The maximum atomic E-state index is 5.51. The molecule has 1 heterocycles. The zero-order chi connectivity index (χ0) is 13.8. The first-order valence-electron chi connectivity index (χ1n) is 6.60. The van der Waals surface area contributed by atoms with Crippen molar-refractivity contribution in [2.75, 3.05) is 7.11 Å². The van der Waals surface area contributed by atoms with Crippen LogP contribution < -0.4 is 9.57 Å². The summed E-state index contributed by atoms with van der Waals surface area (Å²) in [5.41, 5.74) is 3.24. The van der Waals surface area contributed by atoms with Gasteiger partial charge in [-0.05, 0) is 23.8 Å². The van der Waals surface area contributed by atoms with Crippen molar-refractivity contribution in [1.82, 2.24) is 0 Å². The van der Waals surface area contributed by atoms with Crippen LogP contribution in [0.5, 0.6) is 0 Å². The summed E-state index contributed by atoms with van der Waals surface area (Å²) in [6, 6.07) is 22.6. The summed E-state index contributed by atoms with van der Waals surface area (Å²) >= 11 is 0. The number of nitrogens with zero attached hydrogens (tertiary/aromatic N) is 1. The summed E-state index contributed by atoms with van der Waals surface area (Å²) < 4.78 is 1.84. The summed E-state index contributed by atoms with van der Waals surface area (Å²) in [5.74, 6) is 0. The van der Waals surface area contributed by atoms with Gasteiger partial charge in [0.1, 0.15) is 7.11 Å². The first kappa shape index (κ1) is 12.4. The van der Waals surface area contributed by atoms with Crippen LogP contribution in [-0.2, 0) is 0 Å². The number of hydrogen-bond acceptors (Lipinski definition) is 1. The Morgan fingerprint density at radius 2 is 1.55 bits per heavy atom. The van der Waals surface area contributed by atoms with Gasteiger partial charge >= 0.3 is 0 Å². The van der Waals surface area contributed by atoms with Gasteiger partial charge < -0.3 is 0 Å². The molecule has 1 aromatic heterocycles. The van der Waals surface area contributed by atoms with Crippen molar-refractivity contribution in [3.63, 3.8) is 0 Å². The molecule has 0 saturated carbocycles. The van der Waals surface area contributed by atoms with Crippen molar-refractivity contribution in [3.05, 3.63) is 78.0 Å². The van der Waals surface area contributed by atoms with Crippen molar-refractivity contribution in [1.29, 1.82) is 0 Å². The van der Waals surface area contributed by atoms with Crippen molar-refractivity contribution < 1.29 is 9.57 Å². The second kappa shape index (κ2) is 5.57. The Balaban J connectivity index is 2.05. The quantitative estimate of drug-likeness (QED) is 0.660. The zero-order valence-corrected chi connectivity index (χ0v) is 11.4. The summed E-state index contributed by atoms with van der Waals surface area (Å²) in [5, 5.41) is 1.16. The number of hydrogen-bond donors (Lipinski definition) is 0. The fourth-order valence-corrected chi connectivity index (χ4v) is 2.27. The van der Waals surface area contributed by atoms with E-state index in [0.29, 0.717) is 0 Å². The van der Waals surface area contributed by atoms with Crippen LogP contribution in [0.1, 0.15) is 11.3 Å². The van der Waals surface area contributed by atoms with E-state index in [1.165, 1.54) is 5.56 Å². The van der Waals surface area contributed by atoms with E-state index >= 15 is 0 Å². The van der Waals surface area contributed by atoms with Gasteiger partial charge in [-0.2, -0.15) is 0 Å². The smallest absolute Gasteiger partial charge is 0.265 e. The Labute approximate surface area is 118 Å². The van der Waals surface area contributed by atoms with E-state index in [9.17, 15) is 0 Å².